The summed E-state index contributed by atoms with van der Waals surface area (Å²) in [6.45, 7) is 6.00. The zero-order chi connectivity index (χ0) is 13.2. The van der Waals surface area contributed by atoms with Crippen LogP contribution in [0.2, 0.25) is 0 Å². The van der Waals surface area contributed by atoms with Gasteiger partial charge in [-0.1, -0.05) is 17.7 Å². The van der Waals surface area contributed by atoms with Crippen LogP contribution in [-0.2, 0) is 14.8 Å². The Balaban J connectivity index is 0.00000180. The average Bonchev–Trinajstić information content (AvgIpc) is 2.29. The van der Waals surface area contributed by atoms with Gasteiger partial charge in [0.15, 0.2) is 0 Å². The van der Waals surface area contributed by atoms with Crippen LogP contribution in [0.5, 0.6) is 0 Å². The highest BCUT2D eigenvalue weighted by Crippen LogP contribution is 2.16. The van der Waals surface area contributed by atoms with Crippen LogP contribution in [0.4, 0.5) is 0 Å². The Morgan fingerprint density at radius 2 is 1.84 bits per heavy atom. The molecule has 0 amide bonds. The van der Waals surface area contributed by atoms with E-state index in [0.29, 0.717) is 31.2 Å². The lowest BCUT2D eigenvalue weighted by molar-refractivity contribution is 0.0272. The molecule has 0 spiro atoms. The molecule has 1 aliphatic rings. The van der Waals surface area contributed by atoms with Gasteiger partial charge in [0.25, 0.3) is 10.0 Å². The third-order valence-corrected chi connectivity index (χ3v) is 4.42. The predicted molar refractivity (Wildman–Crippen MR) is 75.9 cm³/mol. The molecule has 7 heteroatoms. The molecule has 2 rings (SSSR count). The van der Waals surface area contributed by atoms with Gasteiger partial charge in [-0.25, -0.2) is 13.4 Å². The van der Waals surface area contributed by atoms with Crippen LogP contribution in [0.1, 0.15) is 11.1 Å². The summed E-state index contributed by atoms with van der Waals surface area (Å²) in [7, 11) is -3.49. The summed E-state index contributed by atoms with van der Waals surface area (Å²) in [5.41, 5.74) is 1.81. The lowest BCUT2D eigenvalue weighted by atomic mass is 10.2. The minimum Gasteiger partial charge on any atom is -0.379 e. The number of sulfonamides is 1. The van der Waals surface area contributed by atoms with E-state index in [4.69, 9.17) is 4.74 Å². The monoisotopic (exact) mass is 306 g/mol. The summed E-state index contributed by atoms with van der Waals surface area (Å²) in [6.07, 6.45) is 0. The van der Waals surface area contributed by atoms with E-state index in [1.165, 1.54) is 0 Å². The summed E-state index contributed by atoms with van der Waals surface area (Å²) in [4.78, 5) is 2.93. The highest BCUT2D eigenvalue weighted by molar-refractivity contribution is 7.89. The number of rotatable bonds is 3. The van der Waals surface area contributed by atoms with Gasteiger partial charge >= 0.3 is 0 Å². The highest BCUT2D eigenvalue weighted by atomic mass is 35.5. The molecule has 1 fully saturated rings. The number of hydrazine groups is 1. The van der Waals surface area contributed by atoms with Crippen molar-refractivity contribution in [2.75, 3.05) is 26.3 Å². The Morgan fingerprint density at radius 1 is 1.21 bits per heavy atom. The fraction of sp³-hybridized carbons (Fsp3) is 0.500. The number of halogens is 1. The SMILES string of the molecule is Cc1ccc(S(=O)(=O)NN2CCOCC2)c(C)c1.Cl. The predicted octanol–water partition coefficient (Wildman–Crippen LogP) is 1.25. The van der Waals surface area contributed by atoms with E-state index in [2.05, 4.69) is 4.83 Å². The number of nitrogens with zero attached hydrogens (tertiary/aromatic N) is 1. The maximum atomic E-state index is 12.2. The molecule has 0 radical (unpaired) electrons. The van der Waals surface area contributed by atoms with Gasteiger partial charge < -0.3 is 4.74 Å². The van der Waals surface area contributed by atoms with Crippen molar-refractivity contribution in [2.45, 2.75) is 18.7 Å². The molecule has 0 aliphatic carbocycles. The standard InChI is InChI=1S/C12H18N2O3S.ClH/c1-10-3-4-12(11(2)9-10)18(15,16)13-14-5-7-17-8-6-14;/h3-4,9,13H,5-8H2,1-2H3;1H. The van der Waals surface area contributed by atoms with Crippen molar-refractivity contribution in [1.82, 2.24) is 9.84 Å². The number of morpholine rings is 1. The molecule has 1 heterocycles. The molecule has 108 valence electrons. The Labute approximate surface area is 120 Å². The number of benzene rings is 1. The summed E-state index contributed by atoms with van der Waals surface area (Å²) >= 11 is 0. The van der Waals surface area contributed by atoms with Crippen LogP contribution in [0.25, 0.3) is 0 Å². The Bertz CT molecular complexity index is 528. The minimum absolute atomic E-state index is 0. The highest BCUT2D eigenvalue weighted by Gasteiger charge is 2.21. The first-order valence-corrected chi connectivity index (χ1v) is 7.40. The first-order valence-electron chi connectivity index (χ1n) is 5.91. The smallest absolute Gasteiger partial charge is 0.253 e. The minimum atomic E-state index is -3.49. The van der Waals surface area contributed by atoms with Crippen molar-refractivity contribution >= 4 is 22.4 Å². The van der Waals surface area contributed by atoms with Crippen LogP contribution in [-0.4, -0.2) is 39.7 Å². The van der Waals surface area contributed by atoms with Crippen LogP contribution in [0, 0.1) is 13.8 Å². The van der Waals surface area contributed by atoms with E-state index in [9.17, 15) is 8.42 Å². The lowest BCUT2D eigenvalue weighted by Crippen LogP contribution is -2.48. The fourth-order valence-electron chi connectivity index (χ4n) is 1.97. The van der Waals surface area contributed by atoms with Crippen molar-refractivity contribution in [3.05, 3.63) is 29.3 Å². The number of ether oxygens (including phenoxy) is 1. The van der Waals surface area contributed by atoms with Crippen molar-refractivity contribution in [2.24, 2.45) is 0 Å². The molecule has 0 aromatic heterocycles. The molecule has 19 heavy (non-hydrogen) atoms. The van der Waals surface area contributed by atoms with Crippen LogP contribution in [0.3, 0.4) is 0 Å². The van der Waals surface area contributed by atoms with Gasteiger partial charge in [-0.15, -0.1) is 17.2 Å². The second-order valence-corrected chi connectivity index (χ2v) is 6.09. The molecule has 1 aromatic rings. The van der Waals surface area contributed by atoms with Crippen molar-refractivity contribution in [3.8, 4) is 0 Å². The van der Waals surface area contributed by atoms with Crippen LogP contribution < -0.4 is 4.83 Å². The second kappa shape index (κ2) is 6.67. The van der Waals surface area contributed by atoms with Crippen molar-refractivity contribution in [3.63, 3.8) is 0 Å². The molecular formula is C12H19ClN2O3S. The topological polar surface area (TPSA) is 58.6 Å². The van der Waals surface area contributed by atoms with Gasteiger partial charge in [-0.3, -0.25) is 0 Å². The first kappa shape index (κ1) is 16.4. The van der Waals surface area contributed by atoms with E-state index >= 15 is 0 Å². The molecule has 1 aromatic carbocycles. The molecule has 1 saturated heterocycles. The number of hydrogen-bond acceptors (Lipinski definition) is 4. The Hall–Kier alpha value is -0.660. The number of aryl methyl sites for hydroxylation is 2. The zero-order valence-electron chi connectivity index (χ0n) is 11.0. The molecule has 0 atom stereocenters. The summed E-state index contributed by atoms with van der Waals surface area (Å²) in [5.74, 6) is 0. The number of nitrogens with one attached hydrogen (secondary N) is 1. The molecule has 0 bridgehead atoms. The van der Waals surface area contributed by atoms with Gasteiger partial charge in [0.05, 0.1) is 18.1 Å². The van der Waals surface area contributed by atoms with Gasteiger partial charge in [0.1, 0.15) is 0 Å². The van der Waals surface area contributed by atoms with Crippen molar-refractivity contribution < 1.29 is 13.2 Å². The molecule has 1 aliphatic heterocycles. The summed E-state index contributed by atoms with van der Waals surface area (Å²) < 4.78 is 29.7. The fourth-order valence-corrected chi connectivity index (χ4v) is 3.33. The average molecular weight is 307 g/mol. The first-order chi connectivity index (χ1) is 8.49. The summed E-state index contributed by atoms with van der Waals surface area (Å²) in [6, 6.07) is 5.32. The molecule has 1 N–H and O–H groups in total. The summed E-state index contributed by atoms with van der Waals surface area (Å²) in [5, 5.41) is 1.68. The van der Waals surface area contributed by atoms with Gasteiger partial charge in [-0.2, -0.15) is 0 Å². The van der Waals surface area contributed by atoms with Crippen LogP contribution >= 0.6 is 12.4 Å². The van der Waals surface area contributed by atoms with E-state index in [-0.39, 0.29) is 12.4 Å². The molecular weight excluding hydrogens is 288 g/mol. The van der Waals surface area contributed by atoms with Crippen LogP contribution in [0.15, 0.2) is 23.1 Å². The van der Waals surface area contributed by atoms with E-state index in [1.54, 1.807) is 24.1 Å². The molecule has 5 nitrogen and oxygen atoms in total. The van der Waals surface area contributed by atoms with Gasteiger partial charge in [0, 0.05) is 13.1 Å². The third-order valence-electron chi connectivity index (χ3n) is 2.88. The third kappa shape index (κ3) is 4.15. The van der Waals surface area contributed by atoms with E-state index < -0.39 is 10.0 Å². The maximum Gasteiger partial charge on any atom is 0.253 e. The Kier molecular flexibility index (Phi) is 5.76. The zero-order valence-corrected chi connectivity index (χ0v) is 12.7. The van der Waals surface area contributed by atoms with Gasteiger partial charge in [-0.05, 0) is 25.5 Å². The second-order valence-electron chi connectivity index (χ2n) is 4.46. The lowest BCUT2D eigenvalue weighted by Gasteiger charge is -2.27. The largest absolute Gasteiger partial charge is 0.379 e. The quantitative estimate of drug-likeness (QED) is 0.913. The molecule has 0 unspecified atom stereocenters. The van der Waals surface area contributed by atoms with Gasteiger partial charge in [0.2, 0.25) is 0 Å². The van der Waals surface area contributed by atoms with Crippen molar-refractivity contribution in [1.29, 1.82) is 0 Å². The normalized spacial score (nSPS) is 16.9. The molecule has 0 saturated carbocycles. The maximum absolute atomic E-state index is 12.2. The van der Waals surface area contributed by atoms with E-state index in [0.717, 1.165) is 11.1 Å². The number of hydrogen-bond donors (Lipinski definition) is 1. The Morgan fingerprint density at radius 3 is 2.42 bits per heavy atom. The van der Waals surface area contributed by atoms with E-state index in [1.807, 2.05) is 13.0 Å².